The molecule has 1 aromatic heterocycles. The lowest BCUT2D eigenvalue weighted by Gasteiger charge is -2.24. The van der Waals surface area contributed by atoms with E-state index in [-0.39, 0.29) is 24.1 Å². The fourth-order valence-electron chi connectivity index (χ4n) is 1.74. The maximum Gasteiger partial charge on any atom is 0.151 e. The summed E-state index contributed by atoms with van der Waals surface area (Å²) in [4.78, 5) is 0. The Hall–Kier alpha value is -0.850. The molecule has 2 atom stereocenters. The number of hydrogen-bond acceptors (Lipinski definition) is 5. The van der Waals surface area contributed by atoms with Crippen molar-refractivity contribution in [3.05, 3.63) is 23.7 Å². The summed E-state index contributed by atoms with van der Waals surface area (Å²) in [6.07, 6.45) is 0. The molecule has 0 spiro atoms. The fraction of sp³-hybridized carbons (Fsp3) is 0.692. The van der Waals surface area contributed by atoms with Gasteiger partial charge in [-0.15, -0.1) is 0 Å². The number of aryl methyl sites for hydroxylation is 1. The maximum absolute atomic E-state index is 11.5. The van der Waals surface area contributed by atoms with Gasteiger partial charge < -0.3 is 14.8 Å². The van der Waals surface area contributed by atoms with Crippen molar-refractivity contribution in [3.8, 4) is 0 Å². The first kappa shape index (κ1) is 16.2. The fourth-order valence-corrected chi connectivity index (χ4v) is 2.86. The number of hydrogen-bond donors (Lipinski definition) is 2. The van der Waals surface area contributed by atoms with Crippen LogP contribution in [0.2, 0.25) is 0 Å². The van der Waals surface area contributed by atoms with Crippen LogP contribution >= 0.6 is 0 Å². The highest BCUT2D eigenvalue weighted by molar-refractivity contribution is 7.91. The first-order valence-electron chi connectivity index (χ1n) is 6.39. The Kier molecular flexibility index (Phi) is 5.18. The zero-order chi connectivity index (χ0) is 14.7. The highest BCUT2D eigenvalue weighted by atomic mass is 32.2. The molecule has 0 radical (unpaired) electrons. The van der Waals surface area contributed by atoms with Gasteiger partial charge in [0.25, 0.3) is 0 Å². The quantitative estimate of drug-likeness (QED) is 0.788. The van der Waals surface area contributed by atoms with Crippen molar-refractivity contribution in [3.63, 3.8) is 0 Å². The van der Waals surface area contributed by atoms with E-state index < -0.39 is 15.4 Å². The van der Waals surface area contributed by atoms with E-state index in [1.54, 1.807) is 32.9 Å². The highest BCUT2D eigenvalue weighted by Gasteiger charge is 2.27. The van der Waals surface area contributed by atoms with E-state index in [1.165, 1.54) is 0 Å². The number of aliphatic hydroxyl groups is 1. The molecule has 2 N–H and O–H groups in total. The third-order valence-corrected chi connectivity index (χ3v) is 4.90. The first-order valence-corrected chi connectivity index (χ1v) is 8.21. The van der Waals surface area contributed by atoms with E-state index >= 15 is 0 Å². The summed E-state index contributed by atoms with van der Waals surface area (Å²) in [5.41, 5.74) is -1.15. The summed E-state index contributed by atoms with van der Waals surface area (Å²) in [7, 11) is -3.01. The molecular formula is C13H23NO4S. The molecule has 6 heteroatoms. The lowest BCUT2D eigenvalue weighted by molar-refractivity contribution is 0.0319. The Morgan fingerprint density at radius 1 is 1.47 bits per heavy atom. The summed E-state index contributed by atoms with van der Waals surface area (Å²) in [5, 5.41) is 13.3. The Morgan fingerprint density at radius 3 is 2.58 bits per heavy atom. The van der Waals surface area contributed by atoms with Crippen LogP contribution in [-0.2, 0) is 15.4 Å². The normalized spacial score (nSPS) is 17.1. The van der Waals surface area contributed by atoms with Crippen molar-refractivity contribution in [1.29, 1.82) is 0 Å². The second-order valence-corrected chi connectivity index (χ2v) is 7.56. The second kappa shape index (κ2) is 6.07. The van der Waals surface area contributed by atoms with Crippen LogP contribution in [0.4, 0.5) is 0 Å². The minimum absolute atomic E-state index is 0.0662. The Labute approximate surface area is 114 Å². The predicted molar refractivity (Wildman–Crippen MR) is 74.8 cm³/mol. The average molecular weight is 289 g/mol. The van der Waals surface area contributed by atoms with Gasteiger partial charge in [0.15, 0.2) is 9.84 Å². The van der Waals surface area contributed by atoms with Crippen molar-refractivity contribution in [2.45, 2.75) is 39.3 Å². The van der Waals surface area contributed by atoms with Gasteiger partial charge in [-0.25, -0.2) is 8.42 Å². The molecule has 2 unspecified atom stereocenters. The Morgan fingerprint density at radius 2 is 2.11 bits per heavy atom. The molecule has 5 nitrogen and oxygen atoms in total. The van der Waals surface area contributed by atoms with Crippen LogP contribution in [0.25, 0.3) is 0 Å². The van der Waals surface area contributed by atoms with Crippen LogP contribution in [0.5, 0.6) is 0 Å². The van der Waals surface area contributed by atoms with Crippen LogP contribution in [0, 0.1) is 6.92 Å². The molecule has 1 aromatic rings. The largest absolute Gasteiger partial charge is 0.463 e. The smallest absolute Gasteiger partial charge is 0.151 e. The van der Waals surface area contributed by atoms with Crippen molar-refractivity contribution in [2.24, 2.45) is 0 Å². The number of nitrogens with one attached hydrogen (secondary N) is 1. The van der Waals surface area contributed by atoms with Crippen LogP contribution in [0.15, 0.2) is 16.5 Å². The highest BCUT2D eigenvalue weighted by Crippen LogP contribution is 2.22. The van der Waals surface area contributed by atoms with E-state index in [4.69, 9.17) is 4.42 Å². The van der Waals surface area contributed by atoms with Crippen molar-refractivity contribution in [1.82, 2.24) is 5.32 Å². The lowest BCUT2D eigenvalue weighted by Crippen LogP contribution is -2.42. The zero-order valence-electron chi connectivity index (χ0n) is 11.9. The SMILES string of the molecule is CCS(=O)(=O)CC(C)NCC(C)(O)c1ccc(C)o1. The topological polar surface area (TPSA) is 79.5 Å². The molecule has 0 aliphatic heterocycles. The molecule has 0 saturated carbocycles. The third-order valence-electron chi connectivity index (χ3n) is 3.01. The van der Waals surface area contributed by atoms with Crippen molar-refractivity contribution >= 4 is 9.84 Å². The third kappa shape index (κ3) is 4.97. The molecule has 110 valence electrons. The van der Waals surface area contributed by atoms with Gasteiger partial charge >= 0.3 is 0 Å². The van der Waals surface area contributed by atoms with E-state index in [0.29, 0.717) is 5.76 Å². The molecule has 19 heavy (non-hydrogen) atoms. The zero-order valence-corrected chi connectivity index (χ0v) is 12.8. The van der Waals surface area contributed by atoms with Crippen LogP contribution in [0.3, 0.4) is 0 Å². The van der Waals surface area contributed by atoms with Crippen molar-refractivity contribution in [2.75, 3.05) is 18.1 Å². The summed E-state index contributed by atoms with van der Waals surface area (Å²) < 4.78 is 28.4. The molecule has 0 amide bonds. The maximum atomic E-state index is 11.5. The molecule has 0 aromatic carbocycles. The monoisotopic (exact) mass is 289 g/mol. The van der Waals surface area contributed by atoms with Gasteiger partial charge in [0.1, 0.15) is 17.1 Å². The summed E-state index contributed by atoms with van der Waals surface area (Å²) in [6.45, 7) is 7.10. The molecular weight excluding hydrogens is 266 g/mol. The van der Waals surface area contributed by atoms with Gasteiger partial charge in [-0.05, 0) is 32.9 Å². The molecule has 0 bridgehead atoms. The summed E-state index contributed by atoms with van der Waals surface area (Å²) >= 11 is 0. The number of sulfone groups is 1. The molecule has 1 heterocycles. The van der Waals surface area contributed by atoms with Crippen molar-refractivity contribution < 1.29 is 17.9 Å². The molecule has 0 aliphatic rings. The Bertz CT molecular complexity index is 504. The first-order chi connectivity index (χ1) is 8.66. The molecule has 0 fully saturated rings. The minimum Gasteiger partial charge on any atom is -0.463 e. The van der Waals surface area contributed by atoms with Gasteiger partial charge in [0.05, 0.1) is 5.75 Å². The van der Waals surface area contributed by atoms with Gasteiger partial charge in [-0.1, -0.05) is 6.92 Å². The van der Waals surface area contributed by atoms with E-state index in [1.807, 2.05) is 6.92 Å². The van der Waals surface area contributed by atoms with Crippen LogP contribution in [0.1, 0.15) is 32.3 Å². The molecule has 0 aliphatic carbocycles. The number of furan rings is 1. The van der Waals surface area contributed by atoms with Gasteiger partial charge in [0, 0.05) is 18.3 Å². The molecule has 1 rings (SSSR count). The van der Waals surface area contributed by atoms with E-state index in [9.17, 15) is 13.5 Å². The van der Waals surface area contributed by atoms with Gasteiger partial charge in [-0.2, -0.15) is 0 Å². The van der Waals surface area contributed by atoms with Gasteiger partial charge in [0.2, 0.25) is 0 Å². The van der Waals surface area contributed by atoms with Crippen LogP contribution in [-0.4, -0.2) is 37.6 Å². The summed E-state index contributed by atoms with van der Waals surface area (Å²) in [5.74, 6) is 1.41. The van der Waals surface area contributed by atoms with Gasteiger partial charge in [-0.3, -0.25) is 0 Å². The Balaban J connectivity index is 2.56. The van der Waals surface area contributed by atoms with Crippen LogP contribution < -0.4 is 5.32 Å². The summed E-state index contributed by atoms with van der Waals surface area (Å²) in [6, 6.07) is 3.30. The predicted octanol–water partition coefficient (Wildman–Crippen LogP) is 1.21. The van der Waals surface area contributed by atoms with E-state index in [2.05, 4.69) is 5.32 Å². The minimum atomic E-state index is -3.01. The average Bonchev–Trinajstić information content (AvgIpc) is 2.74. The van der Waals surface area contributed by atoms with E-state index in [0.717, 1.165) is 5.76 Å². The number of rotatable bonds is 7. The molecule has 0 saturated heterocycles. The lowest BCUT2D eigenvalue weighted by atomic mass is 10.0. The standard InChI is InChI=1S/C13H23NO4S/c1-5-19(16,17)8-10(2)14-9-13(4,15)12-7-6-11(3)18-12/h6-7,10,14-15H,5,8-9H2,1-4H3. The second-order valence-electron chi connectivity index (χ2n) is 5.17.